The molecule has 2 heterocycles. The molecule has 0 unspecified atom stereocenters. The molecule has 31 heavy (non-hydrogen) atoms. The summed E-state index contributed by atoms with van der Waals surface area (Å²) in [6, 6.07) is 20.7. The molecule has 0 amide bonds. The summed E-state index contributed by atoms with van der Waals surface area (Å²) in [5, 5.41) is 1.78. The van der Waals surface area contributed by atoms with Gasteiger partial charge in [0.05, 0.1) is 10.9 Å². The molecule has 1 N–H and O–H groups in total. The van der Waals surface area contributed by atoms with Crippen LogP contribution in [0.2, 0.25) is 5.02 Å². The summed E-state index contributed by atoms with van der Waals surface area (Å²) >= 11 is 6.13. The van der Waals surface area contributed by atoms with Crippen LogP contribution in [0.1, 0.15) is 34.0 Å². The van der Waals surface area contributed by atoms with Gasteiger partial charge in [-0.2, -0.15) is 4.31 Å². The molecule has 1 atom stereocenters. The molecule has 158 valence electrons. The van der Waals surface area contributed by atoms with Gasteiger partial charge in [-0.05, 0) is 61.2 Å². The van der Waals surface area contributed by atoms with E-state index in [1.165, 1.54) is 5.56 Å². The maximum atomic E-state index is 13.9. The number of nitrogens with one attached hydrogen (secondary N) is 1. The first-order valence-electron chi connectivity index (χ1n) is 10.3. The standard InChI is InChI=1S/C25H23ClN2O2S/c1-16-7-12-23(17(2)15-16)31(29,30)28-14-13-21-20-5-3-4-6-22(20)27-24(21)25(28)18-8-10-19(26)11-9-18/h3-12,15,25,27H,13-14H2,1-2H3/t25-/m0/s1. The van der Waals surface area contributed by atoms with Crippen molar-refractivity contribution in [3.05, 3.63) is 99.7 Å². The van der Waals surface area contributed by atoms with Gasteiger partial charge in [-0.15, -0.1) is 0 Å². The number of aryl methyl sites for hydroxylation is 2. The average Bonchev–Trinajstić information content (AvgIpc) is 3.12. The fourth-order valence-electron chi connectivity index (χ4n) is 4.67. The van der Waals surface area contributed by atoms with Crippen molar-refractivity contribution in [3.63, 3.8) is 0 Å². The van der Waals surface area contributed by atoms with Crippen LogP contribution in [0.25, 0.3) is 10.9 Å². The zero-order valence-electron chi connectivity index (χ0n) is 17.4. The Bertz CT molecular complexity index is 1390. The topological polar surface area (TPSA) is 53.2 Å². The van der Waals surface area contributed by atoms with Crippen LogP contribution < -0.4 is 0 Å². The molecule has 4 aromatic rings. The Balaban J connectivity index is 1.72. The van der Waals surface area contributed by atoms with E-state index in [1.807, 2.05) is 68.4 Å². The van der Waals surface area contributed by atoms with E-state index < -0.39 is 16.1 Å². The first-order valence-corrected chi connectivity index (χ1v) is 12.1. The van der Waals surface area contributed by atoms with E-state index in [4.69, 9.17) is 11.6 Å². The van der Waals surface area contributed by atoms with Crippen LogP contribution >= 0.6 is 11.6 Å². The van der Waals surface area contributed by atoms with E-state index in [-0.39, 0.29) is 0 Å². The summed E-state index contributed by atoms with van der Waals surface area (Å²) in [6.07, 6.45) is 0.660. The molecule has 1 aromatic heterocycles. The lowest BCUT2D eigenvalue weighted by molar-refractivity contribution is 0.340. The number of rotatable bonds is 3. The van der Waals surface area contributed by atoms with Gasteiger partial charge in [0.2, 0.25) is 10.0 Å². The van der Waals surface area contributed by atoms with E-state index >= 15 is 0 Å². The predicted molar refractivity (Wildman–Crippen MR) is 125 cm³/mol. The van der Waals surface area contributed by atoms with E-state index in [0.29, 0.717) is 22.9 Å². The molecule has 0 aliphatic carbocycles. The monoisotopic (exact) mass is 450 g/mol. The van der Waals surface area contributed by atoms with Gasteiger partial charge in [0.15, 0.2) is 0 Å². The minimum Gasteiger partial charge on any atom is -0.357 e. The van der Waals surface area contributed by atoms with Crippen molar-refractivity contribution in [2.24, 2.45) is 0 Å². The third kappa shape index (κ3) is 3.37. The van der Waals surface area contributed by atoms with E-state index in [9.17, 15) is 8.42 Å². The fourth-order valence-corrected chi connectivity index (χ4v) is 6.59. The van der Waals surface area contributed by atoms with Crippen LogP contribution in [0.5, 0.6) is 0 Å². The molecule has 0 fully saturated rings. The number of fused-ring (bicyclic) bond motifs is 3. The lowest BCUT2D eigenvalue weighted by atomic mass is 9.94. The maximum absolute atomic E-state index is 13.9. The largest absolute Gasteiger partial charge is 0.357 e. The molecule has 1 aliphatic heterocycles. The highest BCUT2D eigenvalue weighted by atomic mass is 35.5. The summed E-state index contributed by atoms with van der Waals surface area (Å²) in [4.78, 5) is 3.88. The number of hydrogen-bond donors (Lipinski definition) is 1. The Labute approximate surface area is 187 Å². The van der Waals surface area contributed by atoms with Crippen molar-refractivity contribution in [1.29, 1.82) is 0 Å². The van der Waals surface area contributed by atoms with Crippen molar-refractivity contribution in [3.8, 4) is 0 Å². The number of sulfonamides is 1. The summed E-state index contributed by atoms with van der Waals surface area (Å²) in [6.45, 7) is 4.24. The molecule has 0 saturated heterocycles. The summed E-state index contributed by atoms with van der Waals surface area (Å²) < 4.78 is 29.4. The molecular weight excluding hydrogens is 428 g/mol. The van der Waals surface area contributed by atoms with Crippen molar-refractivity contribution in [2.45, 2.75) is 31.2 Å². The second-order valence-corrected chi connectivity index (χ2v) is 10.4. The summed E-state index contributed by atoms with van der Waals surface area (Å²) in [5.41, 5.74) is 5.84. The Morgan fingerprint density at radius 2 is 1.74 bits per heavy atom. The van der Waals surface area contributed by atoms with E-state index in [1.54, 1.807) is 10.4 Å². The fraction of sp³-hybridized carbons (Fsp3) is 0.200. The molecule has 0 bridgehead atoms. The Kier molecular flexibility index (Phi) is 4.93. The maximum Gasteiger partial charge on any atom is 0.244 e. The highest BCUT2D eigenvalue weighted by molar-refractivity contribution is 7.89. The Morgan fingerprint density at radius 1 is 1.00 bits per heavy atom. The molecule has 4 nitrogen and oxygen atoms in total. The quantitative estimate of drug-likeness (QED) is 0.430. The second-order valence-electron chi connectivity index (χ2n) is 8.15. The molecule has 6 heteroatoms. The molecule has 0 radical (unpaired) electrons. The zero-order valence-corrected chi connectivity index (χ0v) is 19.0. The van der Waals surface area contributed by atoms with Crippen LogP contribution in [0.4, 0.5) is 0 Å². The third-order valence-electron chi connectivity index (χ3n) is 6.09. The van der Waals surface area contributed by atoms with Crippen molar-refractivity contribution >= 4 is 32.5 Å². The number of aromatic amines is 1. The number of halogens is 1. The van der Waals surface area contributed by atoms with Crippen LogP contribution in [-0.2, 0) is 16.4 Å². The van der Waals surface area contributed by atoms with Crippen molar-refractivity contribution in [1.82, 2.24) is 9.29 Å². The molecule has 5 rings (SSSR count). The minimum atomic E-state index is -3.72. The third-order valence-corrected chi connectivity index (χ3v) is 8.37. The van der Waals surface area contributed by atoms with Crippen LogP contribution in [0.3, 0.4) is 0 Å². The highest BCUT2D eigenvalue weighted by Crippen LogP contribution is 2.41. The Morgan fingerprint density at radius 3 is 2.48 bits per heavy atom. The van der Waals surface area contributed by atoms with Gasteiger partial charge in [-0.1, -0.05) is 59.6 Å². The summed E-state index contributed by atoms with van der Waals surface area (Å²) in [7, 11) is -3.72. The summed E-state index contributed by atoms with van der Waals surface area (Å²) in [5.74, 6) is 0. The van der Waals surface area contributed by atoms with Crippen LogP contribution in [0, 0.1) is 13.8 Å². The SMILES string of the molecule is Cc1ccc(S(=O)(=O)N2CCc3c([nH]c4ccccc34)[C@@H]2c2ccc(Cl)cc2)c(C)c1. The average molecular weight is 451 g/mol. The molecule has 0 saturated carbocycles. The highest BCUT2D eigenvalue weighted by Gasteiger charge is 2.39. The number of hydrogen-bond acceptors (Lipinski definition) is 2. The first kappa shape index (κ1) is 20.3. The van der Waals surface area contributed by atoms with Gasteiger partial charge in [0.1, 0.15) is 0 Å². The van der Waals surface area contributed by atoms with Gasteiger partial charge >= 0.3 is 0 Å². The Hall–Kier alpha value is -2.60. The van der Waals surface area contributed by atoms with Crippen LogP contribution in [0.15, 0.2) is 71.6 Å². The van der Waals surface area contributed by atoms with Crippen LogP contribution in [-0.4, -0.2) is 24.3 Å². The van der Waals surface area contributed by atoms with Crippen molar-refractivity contribution in [2.75, 3.05) is 6.54 Å². The number of H-pyrrole nitrogens is 1. The van der Waals surface area contributed by atoms with Crippen molar-refractivity contribution < 1.29 is 8.42 Å². The lowest BCUT2D eigenvalue weighted by Gasteiger charge is -2.35. The van der Waals surface area contributed by atoms with Gasteiger partial charge in [-0.3, -0.25) is 0 Å². The van der Waals surface area contributed by atoms with Gasteiger partial charge in [-0.25, -0.2) is 8.42 Å². The lowest BCUT2D eigenvalue weighted by Crippen LogP contribution is -2.40. The molecule has 3 aromatic carbocycles. The molecular formula is C25H23ClN2O2S. The van der Waals surface area contributed by atoms with Gasteiger partial charge < -0.3 is 4.98 Å². The number of benzene rings is 3. The van der Waals surface area contributed by atoms with Gasteiger partial charge in [0.25, 0.3) is 0 Å². The second kappa shape index (κ2) is 7.52. The zero-order chi connectivity index (χ0) is 21.8. The molecule has 0 spiro atoms. The predicted octanol–water partition coefficient (Wildman–Crippen LogP) is 5.77. The van der Waals surface area contributed by atoms with Gasteiger partial charge in [0, 0.05) is 28.2 Å². The van der Waals surface area contributed by atoms with E-state index in [0.717, 1.165) is 33.3 Å². The normalized spacial score (nSPS) is 17.1. The smallest absolute Gasteiger partial charge is 0.244 e. The minimum absolute atomic E-state index is 0.358. The molecule has 1 aliphatic rings. The number of aromatic nitrogens is 1. The number of nitrogens with zero attached hydrogens (tertiary/aromatic N) is 1. The van der Waals surface area contributed by atoms with E-state index in [2.05, 4.69) is 11.1 Å². The first-order chi connectivity index (χ1) is 14.9. The number of para-hydroxylation sites is 1.